The van der Waals surface area contributed by atoms with Gasteiger partial charge in [-0.15, -0.1) is 0 Å². The molecule has 0 spiro atoms. The van der Waals surface area contributed by atoms with Crippen LogP contribution in [0.2, 0.25) is 0 Å². The standard InChI is InChI=1S/C25H25N3O3/c1-16-4-10-22-23(12-16)28-24(27-22)11-7-17-5-8-19(9-6-17)26-25(29)18-13-20(30-2)15-21(14-18)31-3/h4-6,8-10,12-15H,7,11H2,1-3H3,(H,26,29)(H,27,28). The highest BCUT2D eigenvalue weighted by molar-refractivity contribution is 6.04. The molecule has 0 saturated carbocycles. The average Bonchev–Trinajstić information content (AvgIpc) is 3.20. The van der Waals surface area contributed by atoms with Crippen LogP contribution in [-0.4, -0.2) is 30.1 Å². The van der Waals surface area contributed by atoms with Crippen LogP contribution in [0.4, 0.5) is 5.69 Å². The molecule has 1 heterocycles. The van der Waals surface area contributed by atoms with E-state index in [1.165, 1.54) is 11.1 Å². The summed E-state index contributed by atoms with van der Waals surface area (Å²) in [6.07, 6.45) is 1.68. The number of methoxy groups -OCH3 is 2. The number of benzene rings is 3. The van der Waals surface area contributed by atoms with Crippen molar-refractivity contribution in [2.45, 2.75) is 19.8 Å². The van der Waals surface area contributed by atoms with Crippen LogP contribution in [0.15, 0.2) is 60.7 Å². The predicted octanol–water partition coefficient (Wildman–Crippen LogP) is 4.93. The normalized spacial score (nSPS) is 10.8. The molecule has 4 rings (SSSR count). The second-order valence-corrected chi connectivity index (χ2v) is 7.46. The number of hydrogen-bond donors (Lipinski definition) is 2. The molecule has 4 aromatic rings. The van der Waals surface area contributed by atoms with Gasteiger partial charge in [0, 0.05) is 23.7 Å². The number of aromatic amines is 1. The molecule has 0 aliphatic heterocycles. The second kappa shape index (κ2) is 8.92. The number of nitrogens with zero attached hydrogens (tertiary/aromatic N) is 1. The van der Waals surface area contributed by atoms with Gasteiger partial charge in [0.25, 0.3) is 5.91 Å². The third-order valence-corrected chi connectivity index (χ3v) is 5.16. The van der Waals surface area contributed by atoms with E-state index in [1.807, 2.05) is 30.3 Å². The average molecular weight is 415 g/mol. The van der Waals surface area contributed by atoms with Gasteiger partial charge in [0.05, 0.1) is 25.3 Å². The molecule has 1 aromatic heterocycles. The van der Waals surface area contributed by atoms with E-state index in [0.29, 0.717) is 17.1 Å². The van der Waals surface area contributed by atoms with Gasteiger partial charge in [0.2, 0.25) is 0 Å². The van der Waals surface area contributed by atoms with E-state index in [2.05, 4.69) is 34.3 Å². The number of carbonyl (C=O) groups is 1. The summed E-state index contributed by atoms with van der Waals surface area (Å²) in [4.78, 5) is 20.7. The van der Waals surface area contributed by atoms with Crippen molar-refractivity contribution in [2.24, 2.45) is 0 Å². The molecule has 6 nitrogen and oxygen atoms in total. The van der Waals surface area contributed by atoms with E-state index in [9.17, 15) is 4.79 Å². The zero-order chi connectivity index (χ0) is 21.8. The molecule has 6 heteroatoms. The number of carbonyl (C=O) groups excluding carboxylic acids is 1. The number of fused-ring (bicyclic) bond motifs is 1. The number of H-pyrrole nitrogens is 1. The number of hydrogen-bond acceptors (Lipinski definition) is 4. The number of aryl methyl sites for hydroxylation is 3. The Labute approximate surface area is 181 Å². The van der Waals surface area contributed by atoms with Crippen LogP contribution in [0.1, 0.15) is 27.3 Å². The summed E-state index contributed by atoms with van der Waals surface area (Å²) in [5.74, 6) is 1.90. The molecule has 31 heavy (non-hydrogen) atoms. The van der Waals surface area contributed by atoms with Crippen LogP contribution >= 0.6 is 0 Å². The van der Waals surface area contributed by atoms with Gasteiger partial charge < -0.3 is 19.8 Å². The number of nitrogens with one attached hydrogen (secondary N) is 2. The summed E-state index contributed by atoms with van der Waals surface area (Å²) in [5, 5.41) is 2.92. The highest BCUT2D eigenvalue weighted by atomic mass is 16.5. The Bertz CT molecular complexity index is 1190. The van der Waals surface area contributed by atoms with Gasteiger partial charge >= 0.3 is 0 Å². The van der Waals surface area contributed by atoms with Crippen LogP contribution in [-0.2, 0) is 12.8 Å². The summed E-state index contributed by atoms with van der Waals surface area (Å²) in [7, 11) is 3.11. The van der Waals surface area contributed by atoms with Gasteiger partial charge in [-0.3, -0.25) is 4.79 Å². The molecule has 0 bridgehead atoms. The van der Waals surface area contributed by atoms with Crippen LogP contribution in [0, 0.1) is 6.92 Å². The Hall–Kier alpha value is -3.80. The molecule has 0 fully saturated rings. The molecule has 0 aliphatic carbocycles. The number of anilines is 1. The minimum absolute atomic E-state index is 0.220. The number of aromatic nitrogens is 2. The SMILES string of the molecule is COc1cc(OC)cc(C(=O)Nc2ccc(CCc3nc4ccc(C)cc4[nH]3)cc2)c1. The van der Waals surface area contributed by atoms with Crippen molar-refractivity contribution in [3.8, 4) is 11.5 Å². The van der Waals surface area contributed by atoms with Crippen molar-refractivity contribution in [3.05, 3.63) is 83.2 Å². The van der Waals surface area contributed by atoms with Gasteiger partial charge in [-0.1, -0.05) is 18.2 Å². The fourth-order valence-corrected chi connectivity index (χ4v) is 3.45. The fourth-order valence-electron chi connectivity index (χ4n) is 3.45. The van der Waals surface area contributed by atoms with Gasteiger partial charge in [0.1, 0.15) is 17.3 Å². The van der Waals surface area contributed by atoms with Gasteiger partial charge in [-0.2, -0.15) is 0 Å². The van der Waals surface area contributed by atoms with Crippen molar-refractivity contribution in [1.29, 1.82) is 0 Å². The quantitative estimate of drug-likeness (QED) is 0.449. The maximum atomic E-state index is 12.6. The predicted molar refractivity (Wildman–Crippen MR) is 122 cm³/mol. The maximum absolute atomic E-state index is 12.6. The first-order chi connectivity index (χ1) is 15.0. The first-order valence-electron chi connectivity index (χ1n) is 10.1. The van der Waals surface area contributed by atoms with Crippen molar-refractivity contribution >= 4 is 22.6 Å². The number of rotatable bonds is 7. The lowest BCUT2D eigenvalue weighted by Crippen LogP contribution is -2.12. The molecule has 0 saturated heterocycles. The molecule has 2 N–H and O–H groups in total. The molecule has 0 radical (unpaired) electrons. The molecule has 158 valence electrons. The molecule has 0 unspecified atom stereocenters. The van der Waals surface area contributed by atoms with Crippen LogP contribution in [0.25, 0.3) is 11.0 Å². The summed E-state index contributed by atoms with van der Waals surface area (Å²) in [6, 6.07) is 19.2. The minimum Gasteiger partial charge on any atom is -0.497 e. The molecular formula is C25H25N3O3. The van der Waals surface area contributed by atoms with Gasteiger partial charge in [-0.25, -0.2) is 4.98 Å². The lowest BCUT2D eigenvalue weighted by Gasteiger charge is -2.10. The van der Waals surface area contributed by atoms with Crippen molar-refractivity contribution in [1.82, 2.24) is 9.97 Å². The summed E-state index contributed by atoms with van der Waals surface area (Å²) in [6.45, 7) is 2.07. The summed E-state index contributed by atoms with van der Waals surface area (Å²) >= 11 is 0. The smallest absolute Gasteiger partial charge is 0.255 e. The van der Waals surface area contributed by atoms with Crippen molar-refractivity contribution in [2.75, 3.05) is 19.5 Å². The molecule has 0 atom stereocenters. The Kier molecular flexibility index (Phi) is 5.89. The van der Waals surface area contributed by atoms with Gasteiger partial charge in [0.15, 0.2) is 0 Å². The Morgan fingerprint density at radius 1 is 0.935 bits per heavy atom. The third-order valence-electron chi connectivity index (χ3n) is 5.16. The minimum atomic E-state index is -0.220. The third kappa shape index (κ3) is 4.86. The van der Waals surface area contributed by atoms with Crippen molar-refractivity contribution in [3.63, 3.8) is 0 Å². The largest absolute Gasteiger partial charge is 0.497 e. The van der Waals surface area contributed by atoms with Crippen LogP contribution in [0.3, 0.4) is 0 Å². The fraction of sp³-hybridized carbons (Fsp3) is 0.200. The Balaban J connectivity index is 1.39. The second-order valence-electron chi connectivity index (χ2n) is 7.46. The lowest BCUT2D eigenvalue weighted by molar-refractivity contribution is 0.102. The van der Waals surface area contributed by atoms with Crippen LogP contribution in [0.5, 0.6) is 11.5 Å². The van der Waals surface area contributed by atoms with E-state index in [0.717, 1.165) is 35.4 Å². The van der Waals surface area contributed by atoms with Crippen molar-refractivity contribution < 1.29 is 14.3 Å². The first-order valence-corrected chi connectivity index (χ1v) is 10.1. The number of ether oxygens (including phenoxy) is 2. The topological polar surface area (TPSA) is 76.2 Å². The monoisotopic (exact) mass is 415 g/mol. The van der Waals surface area contributed by atoms with Gasteiger partial charge in [-0.05, 0) is 60.9 Å². The first kappa shape index (κ1) is 20.5. The van der Waals surface area contributed by atoms with E-state index < -0.39 is 0 Å². The highest BCUT2D eigenvalue weighted by Gasteiger charge is 2.10. The molecule has 3 aromatic carbocycles. The summed E-state index contributed by atoms with van der Waals surface area (Å²) < 4.78 is 10.5. The molecular weight excluding hydrogens is 390 g/mol. The van der Waals surface area contributed by atoms with E-state index in [1.54, 1.807) is 32.4 Å². The summed E-state index contributed by atoms with van der Waals surface area (Å²) in [5.41, 5.74) is 5.66. The lowest BCUT2D eigenvalue weighted by atomic mass is 10.1. The Morgan fingerprint density at radius 3 is 2.32 bits per heavy atom. The molecule has 1 amide bonds. The molecule has 0 aliphatic rings. The van der Waals surface area contributed by atoms with E-state index >= 15 is 0 Å². The highest BCUT2D eigenvalue weighted by Crippen LogP contribution is 2.23. The zero-order valence-corrected chi connectivity index (χ0v) is 17.9. The van der Waals surface area contributed by atoms with Crippen LogP contribution < -0.4 is 14.8 Å². The zero-order valence-electron chi connectivity index (χ0n) is 17.9. The number of imidazole rings is 1. The maximum Gasteiger partial charge on any atom is 0.255 e. The Morgan fingerprint density at radius 2 is 1.65 bits per heavy atom. The number of amides is 1. The van der Waals surface area contributed by atoms with E-state index in [4.69, 9.17) is 9.47 Å². The van der Waals surface area contributed by atoms with E-state index in [-0.39, 0.29) is 5.91 Å².